The van der Waals surface area contributed by atoms with Crippen molar-refractivity contribution < 1.29 is 4.74 Å². The van der Waals surface area contributed by atoms with Crippen LogP contribution >= 0.6 is 12.2 Å². The van der Waals surface area contributed by atoms with Gasteiger partial charge in [0.1, 0.15) is 10.8 Å². The molecule has 0 radical (unpaired) electrons. The van der Waals surface area contributed by atoms with E-state index in [9.17, 15) is 0 Å². The average molecular weight is 265 g/mol. The zero-order valence-corrected chi connectivity index (χ0v) is 11.7. The summed E-state index contributed by atoms with van der Waals surface area (Å²) < 4.78 is 5.60. The predicted molar refractivity (Wildman–Crippen MR) is 77.0 cm³/mol. The van der Waals surface area contributed by atoms with Crippen LogP contribution < -0.4 is 10.6 Å². The van der Waals surface area contributed by atoms with Crippen molar-refractivity contribution in [1.82, 2.24) is 4.98 Å². The molecule has 1 aliphatic rings. The number of aromatic nitrogens is 1. The van der Waals surface area contributed by atoms with E-state index in [0.717, 1.165) is 37.3 Å². The van der Waals surface area contributed by atoms with E-state index >= 15 is 0 Å². The molecule has 2 N–H and O–H groups in total. The highest BCUT2D eigenvalue weighted by molar-refractivity contribution is 7.80. The molecular formula is C13H19N3OS. The smallest absolute Gasteiger partial charge is 0.138 e. The van der Waals surface area contributed by atoms with Crippen molar-refractivity contribution in [3.05, 3.63) is 23.9 Å². The molecule has 1 unspecified atom stereocenters. The Bertz CT molecular complexity index is 452. The van der Waals surface area contributed by atoms with Crippen LogP contribution in [-0.4, -0.2) is 35.8 Å². The number of methoxy groups -OCH3 is 1. The fourth-order valence-electron chi connectivity index (χ4n) is 2.39. The molecule has 2 rings (SSSR count). The molecule has 0 spiro atoms. The van der Waals surface area contributed by atoms with Gasteiger partial charge in [0.2, 0.25) is 0 Å². The van der Waals surface area contributed by atoms with Gasteiger partial charge in [0.05, 0.1) is 11.2 Å². The van der Waals surface area contributed by atoms with Gasteiger partial charge in [0, 0.05) is 26.4 Å². The maximum atomic E-state index is 5.75. The predicted octanol–water partition coefficient (Wildman–Crippen LogP) is 1.72. The average Bonchev–Trinajstić information content (AvgIpc) is 2.39. The van der Waals surface area contributed by atoms with E-state index in [2.05, 4.69) is 16.8 Å². The Hall–Kier alpha value is -1.20. The number of piperidine rings is 1. The number of rotatable bonds is 3. The van der Waals surface area contributed by atoms with Crippen molar-refractivity contribution in [1.29, 1.82) is 0 Å². The Balaban J connectivity index is 2.29. The first-order chi connectivity index (χ1) is 8.56. The Kier molecular flexibility index (Phi) is 3.82. The Morgan fingerprint density at radius 2 is 2.39 bits per heavy atom. The standard InChI is InChI=1S/C13H19N3OS/c1-13(17-2)6-4-8-16(9-13)12-10(11(14)18)5-3-7-15-12/h3,5,7H,4,6,8-9H2,1-2H3,(H2,14,18). The summed E-state index contributed by atoms with van der Waals surface area (Å²) in [7, 11) is 1.76. The highest BCUT2D eigenvalue weighted by atomic mass is 32.1. The summed E-state index contributed by atoms with van der Waals surface area (Å²) in [6.45, 7) is 3.91. The van der Waals surface area contributed by atoms with E-state index in [-0.39, 0.29) is 5.60 Å². The monoisotopic (exact) mass is 265 g/mol. The maximum absolute atomic E-state index is 5.75. The van der Waals surface area contributed by atoms with Crippen molar-refractivity contribution in [3.63, 3.8) is 0 Å². The summed E-state index contributed by atoms with van der Waals surface area (Å²) >= 11 is 5.08. The summed E-state index contributed by atoms with van der Waals surface area (Å²) in [6.07, 6.45) is 3.92. The summed E-state index contributed by atoms with van der Waals surface area (Å²) in [5.74, 6) is 0.868. The minimum absolute atomic E-state index is 0.122. The quantitative estimate of drug-likeness (QED) is 0.843. The maximum Gasteiger partial charge on any atom is 0.138 e. The number of thiocarbonyl (C=S) groups is 1. The summed E-state index contributed by atoms with van der Waals surface area (Å²) in [6, 6.07) is 3.78. The van der Waals surface area contributed by atoms with Crippen LogP contribution in [-0.2, 0) is 4.74 Å². The molecule has 5 heteroatoms. The SMILES string of the molecule is COC1(C)CCCN(c2ncccc2C(N)=S)C1. The largest absolute Gasteiger partial charge is 0.389 e. The first-order valence-corrected chi connectivity index (χ1v) is 6.51. The van der Waals surface area contributed by atoms with Crippen molar-refractivity contribution >= 4 is 23.0 Å². The Morgan fingerprint density at radius 3 is 3.06 bits per heavy atom. The first kappa shape index (κ1) is 13.2. The molecule has 1 fully saturated rings. The second-order valence-electron chi connectivity index (χ2n) is 4.92. The molecule has 1 saturated heterocycles. The van der Waals surface area contributed by atoms with Gasteiger partial charge in [0.25, 0.3) is 0 Å². The number of ether oxygens (including phenoxy) is 1. The number of nitrogens with zero attached hydrogens (tertiary/aromatic N) is 2. The minimum Gasteiger partial charge on any atom is -0.389 e. The van der Waals surface area contributed by atoms with Crippen LogP contribution in [0.2, 0.25) is 0 Å². The van der Waals surface area contributed by atoms with E-state index in [4.69, 9.17) is 22.7 Å². The van der Waals surface area contributed by atoms with Crippen molar-refractivity contribution in [3.8, 4) is 0 Å². The van der Waals surface area contributed by atoms with Crippen molar-refractivity contribution in [2.45, 2.75) is 25.4 Å². The van der Waals surface area contributed by atoms with Crippen LogP contribution in [0, 0.1) is 0 Å². The molecule has 2 heterocycles. The topological polar surface area (TPSA) is 51.4 Å². The van der Waals surface area contributed by atoms with Gasteiger partial charge in [-0.15, -0.1) is 0 Å². The van der Waals surface area contributed by atoms with Gasteiger partial charge in [-0.3, -0.25) is 0 Å². The van der Waals surface area contributed by atoms with E-state index in [1.165, 1.54) is 0 Å². The van der Waals surface area contributed by atoms with Gasteiger partial charge < -0.3 is 15.4 Å². The zero-order valence-electron chi connectivity index (χ0n) is 10.8. The van der Waals surface area contributed by atoms with Gasteiger partial charge >= 0.3 is 0 Å². The lowest BCUT2D eigenvalue weighted by atomic mass is 9.94. The number of hydrogen-bond donors (Lipinski definition) is 1. The third kappa shape index (κ3) is 2.62. The minimum atomic E-state index is -0.122. The van der Waals surface area contributed by atoms with Gasteiger partial charge in [-0.25, -0.2) is 4.98 Å². The van der Waals surface area contributed by atoms with E-state index in [1.807, 2.05) is 12.1 Å². The summed E-state index contributed by atoms with van der Waals surface area (Å²) in [4.78, 5) is 7.03. The fourth-order valence-corrected chi connectivity index (χ4v) is 2.55. The second-order valence-corrected chi connectivity index (χ2v) is 5.36. The zero-order chi connectivity index (χ0) is 13.2. The number of pyridine rings is 1. The highest BCUT2D eigenvalue weighted by Gasteiger charge is 2.32. The normalized spacial score (nSPS) is 24.0. The summed E-state index contributed by atoms with van der Waals surface area (Å²) in [5.41, 5.74) is 6.47. The van der Waals surface area contributed by atoms with E-state index < -0.39 is 0 Å². The second kappa shape index (κ2) is 5.20. The van der Waals surface area contributed by atoms with Crippen LogP contribution in [0.15, 0.2) is 18.3 Å². The lowest BCUT2D eigenvalue weighted by Crippen LogP contribution is -2.48. The molecule has 0 aromatic carbocycles. The van der Waals surface area contributed by atoms with Crippen LogP contribution in [0.1, 0.15) is 25.3 Å². The molecule has 1 aromatic heterocycles. The van der Waals surface area contributed by atoms with Crippen LogP contribution in [0.4, 0.5) is 5.82 Å². The molecule has 4 nitrogen and oxygen atoms in total. The lowest BCUT2D eigenvalue weighted by Gasteiger charge is -2.40. The van der Waals surface area contributed by atoms with Gasteiger partial charge in [-0.1, -0.05) is 12.2 Å². The van der Waals surface area contributed by atoms with Crippen molar-refractivity contribution in [2.75, 3.05) is 25.1 Å². The van der Waals surface area contributed by atoms with Gasteiger partial charge in [-0.05, 0) is 31.9 Å². The number of nitrogens with two attached hydrogens (primary N) is 1. The van der Waals surface area contributed by atoms with Crippen molar-refractivity contribution in [2.24, 2.45) is 5.73 Å². The number of anilines is 1. The molecule has 0 saturated carbocycles. The highest BCUT2D eigenvalue weighted by Crippen LogP contribution is 2.28. The Labute approximate surface area is 113 Å². The van der Waals surface area contributed by atoms with E-state index in [0.29, 0.717) is 4.99 Å². The third-order valence-electron chi connectivity index (χ3n) is 3.50. The molecule has 0 bridgehead atoms. The third-order valence-corrected chi connectivity index (χ3v) is 3.72. The molecule has 1 atom stereocenters. The lowest BCUT2D eigenvalue weighted by molar-refractivity contribution is -0.00481. The molecule has 1 aliphatic heterocycles. The van der Waals surface area contributed by atoms with Crippen LogP contribution in [0.25, 0.3) is 0 Å². The summed E-state index contributed by atoms with van der Waals surface area (Å²) in [5, 5.41) is 0. The molecule has 1 aromatic rings. The molecule has 0 aliphatic carbocycles. The molecule has 0 amide bonds. The molecule has 18 heavy (non-hydrogen) atoms. The fraction of sp³-hybridized carbons (Fsp3) is 0.538. The van der Waals surface area contributed by atoms with Gasteiger partial charge in [0.15, 0.2) is 0 Å². The van der Waals surface area contributed by atoms with Crippen LogP contribution in [0.3, 0.4) is 0 Å². The number of hydrogen-bond acceptors (Lipinski definition) is 4. The Morgan fingerprint density at radius 1 is 1.61 bits per heavy atom. The van der Waals surface area contributed by atoms with Gasteiger partial charge in [-0.2, -0.15) is 0 Å². The molecule has 98 valence electrons. The first-order valence-electron chi connectivity index (χ1n) is 6.11. The van der Waals surface area contributed by atoms with E-state index in [1.54, 1.807) is 13.3 Å². The molecular weight excluding hydrogens is 246 g/mol. The van der Waals surface area contributed by atoms with Crippen LogP contribution in [0.5, 0.6) is 0 Å².